The average molecular weight is 458 g/mol. The number of nitrogens with zero attached hydrogens (tertiary/aromatic N) is 2. The minimum absolute atomic E-state index is 0.397. The fraction of sp³-hybridized carbons (Fsp3) is 0.400. The summed E-state index contributed by atoms with van der Waals surface area (Å²) in [5.74, 6) is 0.931. The predicted molar refractivity (Wildman–Crippen MR) is 129 cm³/mol. The first-order valence-electron chi connectivity index (χ1n) is 10.9. The van der Waals surface area contributed by atoms with Crippen LogP contribution in [0.15, 0.2) is 48.5 Å². The van der Waals surface area contributed by atoms with Crippen LogP contribution in [0.25, 0.3) is 11.1 Å². The summed E-state index contributed by atoms with van der Waals surface area (Å²) in [6, 6.07) is 16.3. The molecule has 6 nitrogen and oxygen atoms in total. The summed E-state index contributed by atoms with van der Waals surface area (Å²) in [4.78, 5) is 4.64. The standard InChI is InChI=1S/C25H32ClN3O3/c1-4-5-10-22-28-24(26)23(25(31-3)32-16-15-30-2)29(22)17-18-11-13-19(14-12-18)20-8-6-7-9-21(20)27/h6-9,11-14,25H,4-5,10,15-17,27H2,1-3H3. The summed E-state index contributed by atoms with van der Waals surface area (Å²) in [7, 11) is 3.24. The molecule has 3 aromatic rings. The first kappa shape index (κ1) is 24.3. The number of aromatic nitrogens is 2. The molecule has 0 amide bonds. The Morgan fingerprint density at radius 3 is 2.47 bits per heavy atom. The van der Waals surface area contributed by atoms with Crippen molar-refractivity contribution in [1.82, 2.24) is 9.55 Å². The molecule has 0 radical (unpaired) electrons. The van der Waals surface area contributed by atoms with Crippen molar-refractivity contribution in [1.29, 1.82) is 0 Å². The molecule has 7 heteroatoms. The SMILES string of the molecule is CCCCc1nc(Cl)c(C(OC)OCCOC)n1Cc1ccc(-c2ccccc2N)cc1. The first-order chi connectivity index (χ1) is 15.6. The number of hydrogen-bond donors (Lipinski definition) is 1. The molecular weight excluding hydrogens is 426 g/mol. The van der Waals surface area contributed by atoms with Gasteiger partial charge in [0.1, 0.15) is 11.5 Å². The number of benzene rings is 2. The lowest BCUT2D eigenvalue weighted by atomic mass is 10.0. The molecule has 1 heterocycles. The van der Waals surface area contributed by atoms with Crippen molar-refractivity contribution in [3.63, 3.8) is 0 Å². The lowest BCUT2D eigenvalue weighted by molar-refractivity contribution is -0.139. The zero-order valence-corrected chi connectivity index (χ0v) is 19.8. The van der Waals surface area contributed by atoms with E-state index in [0.717, 1.165) is 53.2 Å². The van der Waals surface area contributed by atoms with E-state index in [1.165, 1.54) is 0 Å². The number of methoxy groups -OCH3 is 2. The Kier molecular flexibility index (Phi) is 9.11. The maximum Gasteiger partial charge on any atom is 0.202 e. The Hall–Kier alpha value is -2.38. The molecule has 0 saturated heterocycles. The molecule has 1 atom stereocenters. The third kappa shape index (κ3) is 5.90. The first-order valence-corrected chi connectivity index (χ1v) is 11.3. The van der Waals surface area contributed by atoms with Gasteiger partial charge < -0.3 is 24.5 Å². The monoisotopic (exact) mass is 457 g/mol. The van der Waals surface area contributed by atoms with E-state index in [-0.39, 0.29) is 0 Å². The number of unbranched alkanes of at least 4 members (excludes halogenated alkanes) is 1. The largest absolute Gasteiger partial charge is 0.398 e. The van der Waals surface area contributed by atoms with Gasteiger partial charge >= 0.3 is 0 Å². The molecular formula is C25H32ClN3O3. The van der Waals surface area contributed by atoms with Crippen LogP contribution < -0.4 is 5.73 Å². The van der Waals surface area contributed by atoms with Crippen molar-refractivity contribution in [3.05, 3.63) is 70.8 Å². The number of anilines is 1. The van der Waals surface area contributed by atoms with Crippen LogP contribution in [-0.4, -0.2) is 37.0 Å². The van der Waals surface area contributed by atoms with E-state index in [0.29, 0.717) is 24.9 Å². The van der Waals surface area contributed by atoms with Gasteiger partial charge in [-0.25, -0.2) is 4.98 Å². The van der Waals surface area contributed by atoms with E-state index < -0.39 is 6.29 Å². The minimum Gasteiger partial charge on any atom is -0.398 e. The molecule has 0 fully saturated rings. The lowest BCUT2D eigenvalue weighted by Crippen LogP contribution is -2.17. The number of aryl methyl sites for hydroxylation is 1. The van der Waals surface area contributed by atoms with Gasteiger partial charge in [-0.15, -0.1) is 0 Å². The van der Waals surface area contributed by atoms with E-state index >= 15 is 0 Å². The molecule has 2 aromatic carbocycles. The van der Waals surface area contributed by atoms with Crippen molar-refractivity contribution in [2.45, 2.75) is 39.0 Å². The second kappa shape index (κ2) is 12.0. The van der Waals surface area contributed by atoms with Crippen LogP contribution in [0, 0.1) is 0 Å². The number of para-hydroxylation sites is 1. The van der Waals surface area contributed by atoms with Crippen molar-refractivity contribution < 1.29 is 14.2 Å². The molecule has 0 spiro atoms. The summed E-state index contributed by atoms with van der Waals surface area (Å²) in [6.07, 6.45) is 2.32. The Labute approximate surface area is 195 Å². The minimum atomic E-state index is -0.621. The molecule has 1 unspecified atom stereocenters. The van der Waals surface area contributed by atoms with Crippen LogP contribution in [-0.2, 0) is 27.2 Å². The maximum atomic E-state index is 6.57. The highest BCUT2D eigenvalue weighted by molar-refractivity contribution is 6.30. The summed E-state index contributed by atoms with van der Waals surface area (Å²) >= 11 is 6.57. The highest BCUT2D eigenvalue weighted by Crippen LogP contribution is 2.30. The quantitative estimate of drug-likeness (QED) is 0.221. The van der Waals surface area contributed by atoms with Gasteiger partial charge in [0.05, 0.1) is 13.2 Å². The zero-order chi connectivity index (χ0) is 22.9. The molecule has 32 heavy (non-hydrogen) atoms. The molecule has 0 aliphatic heterocycles. The number of nitrogen functional groups attached to an aromatic ring is 1. The Bertz CT molecular complexity index is 989. The van der Waals surface area contributed by atoms with Gasteiger partial charge in [0, 0.05) is 38.4 Å². The molecule has 0 aliphatic rings. The van der Waals surface area contributed by atoms with E-state index in [4.69, 9.17) is 31.5 Å². The molecule has 0 aliphatic carbocycles. The molecule has 1 aromatic heterocycles. The van der Waals surface area contributed by atoms with Crippen molar-refractivity contribution >= 4 is 17.3 Å². The summed E-state index contributed by atoms with van der Waals surface area (Å²) in [5.41, 5.74) is 10.9. The van der Waals surface area contributed by atoms with Crippen molar-refractivity contribution in [3.8, 4) is 11.1 Å². The smallest absolute Gasteiger partial charge is 0.202 e. The molecule has 172 valence electrons. The molecule has 0 saturated carbocycles. The average Bonchev–Trinajstić information content (AvgIpc) is 3.11. The van der Waals surface area contributed by atoms with Gasteiger partial charge in [0.15, 0.2) is 5.15 Å². The summed E-state index contributed by atoms with van der Waals surface area (Å²) in [5, 5.41) is 0.411. The molecule has 0 bridgehead atoms. The van der Waals surface area contributed by atoms with Crippen LogP contribution in [0.3, 0.4) is 0 Å². The van der Waals surface area contributed by atoms with E-state index in [1.807, 2.05) is 24.3 Å². The third-order valence-corrected chi connectivity index (χ3v) is 5.63. The normalized spacial score (nSPS) is 12.2. The number of nitrogens with two attached hydrogens (primary N) is 1. The van der Waals surface area contributed by atoms with Gasteiger partial charge in [-0.1, -0.05) is 67.4 Å². The number of rotatable bonds is 12. The second-order valence-corrected chi connectivity index (χ2v) is 7.97. The Morgan fingerprint density at radius 1 is 1.06 bits per heavy atom. The fourth-order valence-corrected chi connectivity index (χ4v) is 3.93. The van der Waals surface area contributed by atoms with Crippen LogP contribution in [0.1, 0.15) is 43.1 Å². The zero-order valence-electron chi connectivity index (χ0n) is 19.0. The topological polar surface area (TPSA) is 71.5 Å². The van der Waals surface area contributed by atoms with Crippen molar-refractivity contribution in [2.75, 3.05) is 33.2 Å². The Balaban J connectivity index is 1.90. The Morgan fingerprint density at radius 2 is 1.81 bits per heavy atom. The number of ether oxygens (including phenoxy) is 3. The summed E-state index contributed by atoms with van der Waals surface area (Å²) < 4.78 is 18.7. The second-order valence-electron chi connectivity index (χ2n) is 7.61. The van der Waals surface area contributed by atoms with Gasteiger partial charge in [-0.3, -0.25) is 0 Å². The van der Waals surface area contributed by atoms with E-state index in [1.54, 1.807) is 14.2 Å². The van der Waals surface area contributed by atoms with Crippen LogP contribution in [0.5, 0.6) is 0 Å². The molecule has 2 N–H and O–H groups in total. The van der Waals surface area contributed by atoms with Crippen LogP contribution in [0.4, 0.5) is 5.69 Å². The van der Waals surface area contributed by atoms with Gasteiger partial charge in [-0.2, -0.15) is 0 Å². The van der Waals surface area contributed by atoms with Gasteiger partial charge in [-0.05, 0) is 23.6 Å². The lowest BCUT2D eigenvalue weighted by Gasteiger charge is -2.20. The van der Waals surface area contributed by atoms with E-state index in [9.17, 15) is 0 Å². The summed E-state index contributed by atoms with van der Waals surface area (Å²) in [6.45, 7) is 3.65. The third-order valence-electron chi connectivity index (χ3n) is 5.36. The maximum absolute atomic E-state index is 6.57. The van der Waals surface area contributed by atoms with Gasteiger partial charge in [0.2, 0.25) is 6.29 Å². The highest BCUT2D eigenvalue weighted by Gasteiger charge is 2.24. The number of halogens is 1. The fourth-order valence-electron chi connectivity index (χ4n) is 3.64. The van der Waals surface area contributed by atoms with Crippen molar-refractivity contribution in [2.24, 2.45) is 0 Å². The number of hydrogen-bond acceptors (Lipinski definition) is 5. The molecule has 3 rings (SSSR count). The van der Waals surface area contributed by atoms with E-state index in [2.05, 4.69) is 40.7 Å². The predicted octanol–water partition coefficient (Wildman–Crippen LogP) is 5.48. The van der Waals surface area contributed by atoms with Crippen LogP contribution in [0.2, 0.25) is 5.15 Å². The van der Waals surface area contributed by atoms with Crippen LogP contribution >= 0.6 is 11.6 Å². The number of imidazole rings is 1. The highest BCUT2D eigenvalue weighted by atomic mass is 35.5. The van der Waals surface area contributed by atoms with Gasteiger partial charge in [0.25, 0.3) is 0 Å².